The van der Waals surface area contributed by atoms with Gasteiger partial charge in [-0.25, -0.2) is 13.1 Å². The fourth-order valence-corrected chi connectivity index (χ4v) is 2.23. The molecule has 0 heterocycles. The van der Waals surface area contributed by atoms with Crippen LogP contribution in [0.25, 0.3) is 0 Å². The molecule has 0 radical (unpaired) electrons. The monoisotopic (exact) mass is 271 g/mol. The fraction of sp³-hybridized carbons (Fsp3) is 0.417. The molecule has 18 heavy (non-hydrogen) atoms. The number of carbonyl (C=O) groups excluding carboxylic acids is 1. The van der Waals surface area contributed by atoms with Crippen LogP contribution in [0.4, 0.5) is 0 Å². The van der Waals surface area contributed by atoms with Gasteiger partial charge in [0.15, 0.2) is 0 Å². The molecule has 0 amide bonds. The Hall–Kier alpha value is -1.40. The van der Waals surface area contributed by atoms with Crippen LogP contribution in [0.1, 0.15) is 11.1 Å². The van der Waals surface area contributed by atoms with Crippen molar-refractivity contribution in [2.75, 3.05) is 13.4 Å². The fourth-order valence-electron chi connectivity index (χ4n) is 1.53. The molecule has 0 aliphatic rings. The predicted octanol–water partition coefficient (Wildman–Crippen LogP) is 0.628. The van der Waals surface area contributed by atoms with Gasteiger partial charge in [-0.2, -0.15) is 0 Å². The van der Waals surface area contributed by atoms with E-state index < -0.39 is 22.0 Å². The van der Waals surface area contributed by atoms with Crippen LogP contribution in [-0.4, -0.2) is 33.8 Å². The lowest BCUT2D eigenvalue weighted by molar-refractivity contribution is -0.142. The van der Waals surface area contributed by atoms with Crippen molar-refractivity contribution in [3.63, 3.8) is 0 Å². The van der Waals surface area contributed by atoms with E-state index in [0.717, 1.165) is 17.4 Å². The van der Waals surface area contributed by atoms with Gasteiger partial charge >= 0.3 is 5.97 Å². The van der Waals surface area contributed by atoms with E-state index in [1.807, 2.05) is 31.2 Å². The molecule has 1 atom stereocenters. The normalized spacial score (nSPS) is 13.1. The van der Waals surface area contributed by atoms with E-state index in [2.05, 4.69) is 9.46 Å². The Kier molecular flexibility index (Phi) is 4.86. The highest BCUT2D eigenvalue weighted by Crippen LogP contribution is 2.07. The molecule has 1 aromatic carbocycles. The van der Waals surface area contributed by atoms with Crippen LogP contribution in [0.15, 0.2) is 24.3 Å². The number of hydrogen-bond donors (Lipinski definition) is 1. The zero-order chi connectivity index (χ0) is 13.8. The summed E-state index contributed by atoms with van der Waals surface area (Å²) in [5, 5.41) is 0. The summed E-state index contributed by atoms with van der Waals surface area (Å²) in [6.07, 6.45) is 1.28. The molecule has 0 aromatic heterocycles. The Balaban J connectivity index is 2.84. The summed E-state index contributed by atoms with van der Waals surface area (Å²) in [5.74, 6) is -0.596. The van der Waals surface area contributed by atoms with Crippen molar-refractivity contribution in [1.82, 2.24) is 4.72 Å². The number of carbonyl (C=O) groups is 1. The molecule has 0 saturated carbocycles. The van der Waals surface area contributed by atoms with E-state index in [4.69, 9.17) is 0 Å². The maximum atomic E-state index is 11.5. The number of hydrogen-bond acceptors (Lipinski definition) is 4. The maximum Gasteiger partial charge on any atom is 0.324 e. The summed E-state index contributed by atoms with van der Waals surface area (Å²) in [4.78, 5) is 11.5. The van der Waals surface area contributed by atoms with Crippen LogP contribution in [0.3, 0.4) is 0 Å². The molecule has 0 aliphatic carbocycles. The van der Waals surface area contributed by atoms with Gasteiger partial charge in [0, 0.05) is 0 Å². The highest BCUT2D eigenvalue weighted by Gasteiger charge is 2.23. The van der Waals surface area contributed by atoms with Crippen LogP contribution in [0.2, 0.25) is 0 Å². The summed E-state index contributed by atoms with van der Waals surface area (Å²) in [7, 11) is -2.23. The first kappa shape index (κ1) is 14.7. The molecular weight excluding hydrogens is 254 g/mol. The van der Waals surface area contributed by atoms with Crippen molar-refractivity contribution in [2.45, 2.75) is 19.4 Å². The molecule has 1 unspecified atom stereocenters. The number of aryl methyl sites for hydroxylation is 1. The van der Waals surface area contributed by atoms with Crippen LogP contribution in [0.5, 0.6) is 0 Å². The van der Waals surface area contributed by atoms with Gasteiger partial charge in [-0.3, -0.25) is 4.79 Å². The number of rotatable bonds is 5. The molecule has 1 aromatic rings. The molecule has 0 saturated heterocycles. The van der Waals surface area contributed by atoms with Crippen molar-refractivity contribution in [1.29, 1.82) is 0 Å². The molecule has 0 fully saturated rings. The van der Waals surface area contributed by atoms with Gasteiger partial charge in [0.2, 0.25) is 10.0 Å². The number of nitrogens with one attached hydrogen (secondary N) is 1. The quantitative estimate of drug-likeness (QED) is 0.797. The van der Waals surface area contributed by atoms with Crippen LogP contribution < -0.4 is 4.72 Å². The Morgan fingerprint density at radius 1 is 1.33 bits per heavy atom. The van der Waals surface area contributed by atoms with E-state index in [1.165, 1.54) is 7.11 Å². The third-order valence-electron chi connectivity index (χ3n) is 2.40. The van der Waals surface area contributed by atoms with Crippen LogP contribution >= 0.6 is 0 Å². The van der Waals surface area contributed by atoms with Gasteiger partial charge in [-0.05, 0) is 18.9 Å². The van der Waals surface area contributed by atoms with Gasteiger partial charge in [0.05, 0.1) is 13.4 Å². The minimum atomic E-state index is -3.46. The van der Waals surface area contributed by atoms with Gasteiger partial charge in [-0.1, -0.05) is 29.8 Å². The largest absolute Gasteiger partial charge is 0.468 e. The van der Waals surface area contributed by atoms with Crippen LogP contribution in [0, 0.1) is 6.92 Å². The highest BCUT2D eigenvalue weighted by molar-refractivity contribution is 7.88. The van der Waals surface area contributed by atoms with Crippen molar-refractivity contribution in [2.24, 2.45) is 0 Å². The first-order valence-corrected chi connectivity index (χ1v) is 7.31. The van der Waals surface area contributed by atoms with E-state index in [9.17, 15) is 13.2 Å². The lowest BCUT2D eigenvalue weighted by Crippen LogP contribution is -2.42. The Labute approximate surface area is 107 Å². The molecule has 0 spiro atoms. The summed E-state index contributed by atoms with van der Waals surface area (Å²) in [5.41, 5.74) is 1.97. The molecule has 1 rings (SSSR count). The van der Waals surface area contributed by atoms with Crippen molar-refractivity contribution >= 4 is 16.0 Å². The highest BCUT2D eigenvalue weighted by atomic mass is 32.2. The summed E-state index contributed by atoms with van der Waals surface area (Å²) in [6, 6.07) is 6.63. The van der Waals surface area contributed by atoms with Crippen molar-refractivity contribution in [3.05, 3.63) is 35.4 Å². The lowest BCUT2D eigenvalue weighted by Gasteiger charge is -2.15. The summed E-state index contributed by atoms with van der Waals surface area (Å²) in [6.45, 7) is 1.95. The molecule has 0 aliphatic heterocycles. The van der Waals surface area contributed by atoms with E-state index in [1.54, 1.807) is 0 Å². The number of benzene rings is 1. The van der Waals surface area contributed by atoms with Gasteiger partial charge in [0.1, 0.15) is 6.04 Å². The summed E-state index contributed by atoms with van der Waals surface area (Å²) >= 11 is 0. The topological polar surface area (TPSA) is 72.5 Å². The zero-order valence-corrected chi connectivity index (χ0v) is 11.5. The minimum absolute atomic E-state index is 0.264. The third kappa shape index (κ3) is 4.85. The number of methoxy groups -OCH3 is 1. The van der Waals surface area contributed by atoms with Gasteiger partial charge in [0.25, 0.3) is 0 Å². The number of sulfonamides is 1. The Morgan fingerprint density at radius 2 is 1.89 bits per heavy atom. The SMILES string of the molecule is COC(=O)C(Cc1ccc(C)cc1)NS(C)(=O)=O. The predicted molar refractivity (Wildman–Crippen MR) is 68.7 cm³/mol. The second-order valence-corrected chi connectivity index (χ2v) is 5.94. The molecule has 100 valence electrons. The van der Waals surface area contributed by atoms with Gasteiger partial charge < -0.3 is 4.74 Å². The van der Waals surface area contributed by atoms with Crippen LogP contribution in [-0.2, 0) is 26.0 Å². The average molecular weight is 271 g/mol. The van der Waals surface area contributed by atoms with Crippen molar-refractivity contribution < 1.29 is 17.9 Å². The number of ether oxygens (including phenoxy) is 1. The smallest absolute Gasteiger partial charge is 0.324 e. The summed E-state index contributed by atoms with van der Waals surface area (Å²) < 4.78 is 29.2. The molecular formula is C12H17NO4S. The third-order valence-corrected chi connectivity index (χ3v) is 3.12. The standard InChI is InChI=1S/C12H17NO4S/c1-9-4-6-10(7-5-9)8-11(12(14)17-2)13-18(3,15)16/h4-7,11,13H,8H2,1-3H3. The van der Waals surface area contributed by atoms with E-state index in [0.29, 0.717) is 0 Å². The van der Waals surface area contributed by atoms with Gasteiger partial charge in [-0.15, -0.1) is 0 Å². The molecule has 0 bridgehead atoms. The first-order chi connectivity index (χ1) is 8.31. The second kappa shape index (κ2) is 5.97. The Morgan fingerprint density at radius 3 is 2.33 bits per heavy atom. The second-order valence-electron chi connectivity index (χ2n) is 4.16. The average Bonchev–Trinajstić information content (AvgIpc) is 2.28. The van der Waals surface area contributed by atoms with Crippen molar-refractivity contribution in [3.8, 4) is 0 Å². The molecule has 5 nitrogen and oxygen atoms in total. The lowest BCUT2D eigenvalue weighted by atomic mass is 10.1. The molecule has 6 heteroatoms. The first-order valence-electron chi connectivity index (χ1n) is 5.42. The Bertz CT molecular complexity index is 507. The maximum absolute atomic E-state index is 11.5. The van der Waals surface area contributed by atoms with E-state index in [-0.39, 0.29) is 6.42 Å². The minimum Gasteiger partial charge on any atom is -0.468 e. The zero-order valence-electron chi connectivity index (χ0n) is 10.6. The number of esters is 1. The van der Waals surface area contributed by atoms with E-state index >= 15 is 0 Å². The molecule has 1 N–H and O–H groups in total.